The Morgan fingerprint density at radius 2 is 2.19 bits per heavy atom. The zero-order valence-electron chi connectivity index (χ0n) is 8.37. The molecule has 0 aliphatic rings. The molecule has 0 unspecified atom stereocenters. The van der Waals surface area contributed by atoms with Gasteiger partial charge < -0.3 is 10.4 Å². The second-order valence-electron chi connectivity index (χ2n) is 3.01. The zero-order valence-corrected chi connectivity index (χ0v) is 9.12. The number of carboxylic acid groups (broad SMARTS) is 1. The van der Waals surface area contributed by atoms with E-state index in [2.05, 4.69) is 11.9 Å². The van der Waals surface area contributed by atoms with Gasteiger partial charge in [-0.3, -0.25) is 4.79 Å². The van der Waals surface area contributed by atoms with E-state index in [1.807, 2.05) is 0 Å². The molecule has 0 saturated carbocycles. The Bertz CT molecular complexity index is 443. The fourth-order valence-corrected chi connectivity index (χ4v) is 1.43. The van der Waals surface area contributed by atoms with Crippen LogP contribution in [0.3, 0.4) is 0 Å². The number of hydrogen-bond acceptors (Lipinski definition) is 2. The lowest BCUT2D eigenvalue weighted by molar-refractivity contribution is -0.115. The van der Waals surface area contributed by atoms with Gasteiger partial charge in [-0.2, -0.15) is 0 Å². The molecule has 0 heterocycles. The molecule has 0 aliphatic carbocycles. The number of hydrogen-bond donors (Lipinski definition) is 2. The van der Waals surface area contributed by atoms with Gasteiger partial charge in [-0.05, 0) is 12.1 Å². The van der Waals surface area contributed by atoms with Crippen LogP contribution in [0.25, 0.3) is 0 Å². The molecule has 0 fully saturated rings. The molecule has 1 aromatic rings. The Hall–Kier alpha value is -1.81. The van der Waals surface area contributed by atoms with Gasteiger partial charge in [0.05, 0.1) is 10.7 Å². The van der Waals surface area contributed by atoms with Gasteiger partial charge >= 0.3 is 5.97 Å². The average molecular weight is 240 g/mol. The Labute approximate surface area is 97.5 Å². The lowest BCUT2D eigenvalue weighted by Crippen LogP contribution is -2.13. The monoisotopic (exact) mass is 239 g/mol. The number of benzene rings is 1. The second kappa shape index (κ2) is 5.32. The van der Waals surface area contributed by atoms with Gasteiger partial charge in [-0.25, -0.2) is 4.79 Å². The van der Waals surface area contributed by atoms with Gasteiger partial charge in [0.1, 0.15) is 5.56 Å². The topological polar surface area (TPSA) is 66.4 Å². The van der Waals surface area contributed by atoms with Crippen molar-refractivity contribution >= 4 is 29.2 Å². The van der Waals surface area contributed by atoms with E-state index in [1.54, 1.807) is 6.07 Å². The third kappa shape index (κ3) is 2.84. The van der Waals surface area contributed by atoms with Crippen LogP contribution in [0.4, 0.5) is 5.69 Å². The summed E-state index contributed by atoms with van der Waals surface area (Å²) in [5.41, 5.74) is 0.0772. The summed E-state index contributed by atoms with van der Waals surface area (Å²) in [5, 5.41) is 11.5. The van der Waals surface area contributed by atoms with Crippen molar-refractivity contribution in [2.24, 2.45) is 0 Å². The highest BCUT2D eigenvalue weighted by Crippen LogP contribution is 2.24. The highest BCUT2D eigenvalue weighted by Gasteiger charge is 2.15. The van der Waals surface area contributed by atoms with Crippen LogP contribution in [-0.2, 0) is 4.79 Å². The molecule has 1 amide bonds. The lowest BCUT2D eigenvalue weighted by Gasteiger charge is -2.08. The number of nitrogens with one attached hydrogen (secondary N) is 1. The molecule has 2 N–H and O–H groups in total. The predicted octanol–water partition coefficient (Wildman–Crippen LogP) is 2.55. The molecule has 1 aromatic carbocycles. The average Bonchev–Trinajstić information content (AvgIpc) is 2.17. The Morgan fingerprint density at radius 1 is 1.50 bits per heavy atom. The third-order valence-corrected chi connectivity index (χ3v) is 2.15. The minimum absolute atomic E-state index is 0.0869. The minimum Gasteiger partial charge on any atom is -0.478 e. The van der Waals surface area contributed by atoms with Gasteiger partial charge in [0.25, 0.3) is 0 Å². The molecule has 16 heavy (non-hydrogen) atoms. The van der Waals surface area contributed by atoms with Crippen molar-refractivity contribution in [2.45, 2.75) is 6.42 Å². The molecule has 0 aromatic heterocycles. The third-order valence-electron chi connectivity index (χ3n) is 1.83. The summed E-state index contributed by atoms with van der Waals surface area (Å²) in [7, 11) is 0. The van der Waals surface area contributed by atoms with E-state index in [-0.39, 0.29) is 28.6 Å². The molecule has 0 aliphatic heterocycles. The van der Waals surface area contributed by atoms with Gasteiger partial charge in [0.15, 0.2) is 0 Å². The van der Waals surface area contributed by atoms with E-state index in [0.717, 1.165) is 0 Å². The van der Waals surface area contributed by atoms with E-state index < -0.39 is 5.97 Å². The van der Waals surface area contributed by atoms with Crippen LogP contribution in [0.1, 0.15) is 16.8 Å². The van der Waals surface area contributed by atoms with Crippen LogP contribution in [0, 0.1) is 0 Å². The quantitative estimate of drug-likeness (QED) is 0.794. The number of halogens is 1. The first-order valence-corrected chi connectivity index (χ1v) is 4.86. The summed E-state index contributed by atoms with van der Waals surface area (Å²) in [4.78, 5) is 22.2. The number of carbonyl (C=O) groups excluding carboxylic acids is 1. The fraction of sp³-hybridized carbons (Fsp3) is 0.0909. The minimum atomic E-state index is -1.18. The zero-order chi connectivity index (χ0) is 12.1. The van der Waals surface area contributed by atoms with Crippen LogP contribution >= 0.6 is 11.6 Å². The number of carbonyl (C=O) groups is 2. The number of anilines is 1. The number of carboxylic acids is 1. The summed E-state index contributed by atoms with van der Waals surface area (Å²) in [6.07, 6.45) is 1.55. The summed E-state index contributed by atoms with van der Waals surface area (Å²) >= 11 is 5.73. The van der Waals surface area contributed by atoms with E-state index >= 15 is 0 Å². The van der Waals surface area contributed by atoms with Gasteiger partial charge in [0.2, 0.25) is 5.91 Å². The lowest BCUT2D eigenvalue weighted by atomic mass is 10.1. The van der Waals surface area contributed by atoms with Crippen LogP contribution in [0.5, 0.6) is 0 Å². The molecule has 0 saturated heterocycles. The first-order valence-electron chi connectivity index (χ1n) is 4.48. The van der Waals surface area contributed by atoms with Gasteiger partial charge in [0, 0.05) is 6.42 Å². The molecule has 1 rings (SSSR count). The molecular weight excluding hydrogens is 230 g/mol. The van der Waals surface area contributed by atoms with Crippen molar-refractivity contribution in [3.63, 3.8) is 0 Å². The number of amides is 1. The first-order chi connectivity index (χ1) is 7.56. The molecule has 0 radical (unpaired) electrons. The van der Waals surface area contributed by atoms with Crippen molar-refractivity contribution in [2.75, 3.05) is 5.32 Å². The van der Waals surface area contributed by atoms with Crippen LogP contribution in [-0.4, -0.2) is 17.0 Å². The molecule has 0 spiro atoms. The Kier molecular flexibility index (Phi) is 4.08. The molecule has 84 valence electrons. The van der Waals surface area contributed by atoms with E-state index in [0.29, 0.717) is 0 Å². The number of aromatic carboxylic acids is 1. The molecular formula is C11H10ClNO3. The normalized spacial score (nSPS) is 9.56. The van der Waals surface area contributed by atoms with E-state index in [9.17, 15) is 9.59 Å². The fourth-order valence-electron chi connectivity index (χ4n) is 1.18. The van der Waals surface area contributed by atoms with Crippen molar-refractivity contribution < 1.29 is 14.7 Å². The SMILES string of the molecule is C=CCC(=O)Nc1cccc(Cl)c1C(=O)O. The first kappa shape index (κ1) is 12.3. The largest absolute Gasteiger partial charge is 0.478 e. The second-order valence-corrected chi connectivity index (χ2v) is 3.42. The molecule has 0 atom stereocenters. The molecule has 5 heteroatoms. The summed E-state index contributed by atoms with van der Waals surface area (Å²) < 4.78 is 0. The van der Waals surface area contributed by atoms with E-state index in [4.69, 9.17) is 16.7 Å². The maximum absolute atomic E-state index is 11.3. The van der Waals surface area contributed by atoms with Crippen molar-refractivity contribution in [1.82, 2.24) is 0 Å². The molecule has 0 bridgehead atoms. The van der Waals surface area contributed by atoms with E-state index in [1.165, 1.54) is 18.2 Å². The Morgan fingerprint density at radius 3 is 2.75 bits per heavy atom. The summed E-state index contributed by atoms with van der Waals surface area (Å²) in [5.74, 6) is -1.51. The van der Waals surface area contributed by atoms with Crippen molar-refractivity contribution in [1.29, 1.82) is 0 Å². The Balaban J connectivity index is 3.04. The van der Waals surface area contributed by atoms with Gasteiger partial charge in [-0.1, -0.05) is 23.7 Å². The van der Waals surface area contributed by atoms with Crippen LogP contribution in [0.15, 0.2) is 30.9 Å². The predicted molar refractivity (Wildman–Crippen MR) is 61.9 cm³/mol. The smallest absolute Gasteiger partial charge is 0.339 e. The van der Waals surface area contributed by atoms with Crippen LogP contribution in [0.2, 0.25) is 5.02 Å². The summed E-state index contributed by atoms with van der Waals surface area (Å²) in [6.45, 7) is 3.41. The highest BCUT2D eigenvalue weighted by atomic mass is 35.5. The maximum atomic E-state index is 11.3. The summed E-state index contributed by atoms with van der Waals surface area (Å²) in [6, 6.07) is 4.50. The van der Waals surface area contributed by atoms with Crippen molar-refractivity contribution in [3.8, 4) is 0 Å². The molecule has 4 nitrogen and oxygen atoms in total. The maximum Gasteiger partial charge on any atom is 0.339 e. The van der Waals surface area contributed by atoms with Crippen LogP contribution < -0.4 is 5.32 Å². The number of rotatable bonds is 4. The van der Waals surface area contributed by atoms with Gasteiger partial charge in [-0.15, -0.1) is 6.58 Å². The standard InChI is InChI=1S/C11H10ClNO3/c1-2-4-9(14)13-8-6-3-5-7(12)10(8)11(15)16/h2-3,5-6H,1,4H2,(H,13,14)(H,15,16). The highest BCUT2D eigenvalue weighted by molar-refractivity contribution is 6.34. The van der Waals surface area contributed by atoms with Crippen molar-refractivity contribution in [3.05, 3.63) is 41.4 Å².